The number of aryl methyl sites for hydroxylation is 1. The molecule has 2 saturated heterocycles. The molecule has 2 fully saturated rings. The molecule has 2 bridgehead atoms. The lowest BCUT2D eigenvalue weighted by atomic mass is 9.76. The Labute approximate surface area is 120 Å². The molecule has 0 amide bonds. The fourth-order valence-electron chi connectivity index (χ4n) is 4.08. The number of rotatable bonds is 2. The molecule has 2 aliphatic heterocycles. The van der Waals surface area contributed by atoms with E-state index in [4.69, 9.17) is 4.74 Å². The quantitative estimate of drug-likeness (QED) is 0.775. The maximum Gasteiger partial charge on any atom is 0.310 e. The maximum atomic E-state index is 12.3. The highest BCUT2D eigenvalue weighted by atomic mass is 16.5. The van der Waals surface area contributed by atoms with Crippen LogP contribution in [0.5, 0.6) is 0 Å². The summed E-state index contributed by atoms with van der Waals surface area (Å²) in [4.78, 5) is 14.7. The molecule has 3 nitrogen and oxygen atoms in total. The highest BCUT2D eigenvalue weighted by molar-refractivity contribution is 5.75. The van der Waals surface area contributed by atoms with Crippen molar-refractivity contribution in [3.63, 3.8) is 0 Å². The van der Waals surface area contributed by atoms with Gasteiger partial charge in [0.25, 0.3) is 0 Å². The monoisotopic (exact) mass is 272 g/mol. The lowest BCUT2D eigenvalue weighted by Gasteiger charge is -2.41. The Morgan fingerprint density at radius 3 is 2.60 bits per heavy atom. The van der Waals surface area contributed by atoms with E-state index in [1.54, 1.807) is 0 Å². The number of benzene rings is 1. The van der Waals surface area contributed by atoms with Gasteiger partial charge in [-0.05, 0) is 38.8 Å². The first-order valence-electron chi connectivity index (χ1n) is 7.48. The number of esters is 1. The zero-order chi connectivity index (χ0) is 14.3. The van der Waals surface area contributed by atoms with E-state index >= 15 is 0 Å². The third kappa shape index (κ3) is 2.14. The molecule has 2 heterocycles. The molecule has 1 aromatic carbocycles. The summed E-state index contributed by atoms with van der Waals surface area (Å²) >= 11 is 0. The maximum absolute atomic E-state index is 12.3. The average molecular weight is 272 g/mol. The third-order valence-corrected chi connectivity index (χ3v) is 5.25. The van der Waals surface area contributed by atoms with E-state index in [-0.39, 0.29) is 11.9 Å². The van der Waals surface area contributed by atoms with Gasteiger partial charge in [0.1, 0.15) is 0 Å². The van der Waals surface area contributed by atoms with Gasteiger partial charge in [-0.2, -0.15) is 0 Å². The van der Waals surface area contributed by atoms with Crippen LogP contribution in [0.4, 0.5) is 0 Å². The predicted molar refractivity (Wildman–Crippen MR) is 78.6 cm³/mol. The van der Waals surface area contributed by atoms with Crippen molar-refractivity contribution in [2.75, 3.05) is 14.2 Å². The molecule has 0 aliphatic carbocycles. The van der Waals surface area contributed by atoms with Crippen molar-refractivity contribution in [2.45, 2.75) is 44.2 Å². The van der Waals surface area contributed by atoms with Crippen LogP contribution in [0.3, 0.4) is 0 Å². The summed E-state index contributed by atoms with van der Waals surface area (Å²) in [6, 6.07) is 9.61. The van der Waals surface area contributed by atoms with Gasteiger partial charge < -0.3 is 4.74 Å². The van der Waals surface area contributed by atoms with Crippen molar-refractivity contribution in [2.24, 2.45) is 5.92 Å². The van der Waals surface area contributed by atoms with Gasteiger partial charge in [0, 0.05) is 18.0 Å². The molecule has 3 heteroatoms. The van der Waals surface area contributed by atoms with Gasteiger partial charge >= 0.3 is 5.97 Å². The van der Waals surface area contributed by atoms with Crippen molar-refractivity contribution in [3.8, 4) is 0 Å². The molecular formula is C17H23NO2. The van der Waals surface area contributed by atoms with Gasteiger partial charge in [-0.3, -0.25) is 9.69 Å². The Hall–Kier alpha value is -1.35. The fraction of sp³-hybridized carbons (Fsp3) is 0.588. The average Bonchev–Trinajstić information content (AvgIpc) is 2.70. The normalized spacial score (nSPS) is 33.1. The van der Waals surface area contributed by atoms with Gasteiger partial charge in [-0.25, -0.2) is 0 Å². The minimum atomic E-state index is -0.0484. The Morgan fingerprint density at radius 1 is 1.25 bits per heavy atom. The minimum Gasteiger partial charge on any atom is -0.469 e. The van der Waals surface area contributed by atoms with E-state index in [0.29, 0.717) is 18.0 Å². The summed E-state index contributed by atoms with van der Waals surface area (Å²) < 4.78 is 5.10. The molecule has 3 rings (SSSR count). The molecule has 20 heavy (non-hydrogen) atoms. The molecule has 4 unspecified atom stereocenters. The largest absolute Gasteiger partial charge is 0.469 e. The number of piperidine rings is 1. The number of methoxy groups -OCH3 is 1. The first kappa shape index (κ1) is 13.6. The van der Waals surface area contributed by atoms with Gasteiger partial charge in [-0.15, -0.1) is 0 Å². The molecule has 0 radical (unpaired) electrons. The first-order valence-corrected chi connectivity index (χ1v) is 7.48. The second kappa shape index (κ2) is 5.21. The fourth-order valence-corrected chi connectivity index (χ4v) is 4.08. The van der Waals surface area contributed by atoms with Crippen LogP contribution in [0, 0.1) is 12.8 Å². The molecule has 0 saturated carbocycles. The summed E-state index contributed by atoms with van der Waals surface area (Å²) in [5, 5.41) is 0. The Bertz CT molecular complexity index is 496. The van der Waals surface area contributed by atoms with E-state index in [1.165, 1.54) is 24.7 Å². The number of hydrogen-bond acceptors (Lipinski definition) is 3. The second-order valence-corrected chi connectivity index (χ2v) is 6.27. The minimum absolute atomic E-state index is 0.0218. The highest BCUT2D eigenvalue weighted by Crippen LogP contribution is 2.46. The molecule has 1 aromatic rings. The van der Waals surface area contributed by atoms with E-state index in [1.807, 2.05) is 0 Å². The number of carbonyl (C=O) groups excluding carboxylic acids is 1. The topological polar surface area (TPSA) is 29.5 Å². The van der Waals surface area contributed by atoms with Gasteiger partial charge in [0.15, 0.2) is 0 Å². The van der Waals surface area contributed by atoms with Crippen LogP contribution in [-0.4, -0.2) is 37.1 Å². The Kier molecular flexibility index (Phi) is 3.55. The summed E-state index contributed by atoms with van der Waals surface area (Å²) in [6.07, 6.45) is 3.39. The van der Waals surface area contributed by atoms with Crippen molar-refractivity contribution < 1.29 is 9.53 Å². The van der Waals surface area contributed by atoms with Crippen LogP contribution in [0.2, 0.25) is 0 Å². The molecule has 0 N–H and O–H groups in total. The number of carbonyl (C=O) groups is 1. The number of hydrogen-bond donors (Lipinski definition) is 0. The van der Waals surface area contributed by atoms with Crippen LogP contribution in [0.1, 0.15) is 36.3 Å². The van der Waals surface area contributed by atoms with Crippen LogP contribution < -0.4 is 0 Å². The number of ether oxygens (including phenoxy) is 1. The molecule has 108 valence electrons. The van der Waals surface area contributed by atoms with Crippen molar-refractivity contribution in [1.82, 2.24) is 4.90 Å². The molecular weight excluding hydrogens is 249 g/mol. The second-order valence-electron chi connectivity index (χ2n) is 6.27. The lowest BCUT2D eigenvalue weighted by Crippen LogP contribution is -2.49. The Balaban J connectivity index is 1.95. The van der Waals surface area contributed by atoms with Crippen LogP contribution in [0.25, 0.3) is 0 Å². The molecule has 0 spiro atoms. The molecule has 2 aliphatic rings. The van der Waals surface area contributed by atoms with Crippen LogP contribution in [0.15, 0.2) is 24.3 Å². The molecule has 4 atom stereocenters. The number of nitrogens with zero attached hydrogens (tertiary/aromatic N) is 1. The van der Waals surface area contributed by atoms with Gasteiger partial charge in [-0.1, -0.05) is 29.8 Å². The zero-order valence-corrected chi connectivity index (χ0v) is 12.5. The van der Waals surface area contributed by atoms with Gasteiger partial charge in [0.05, 0.1) is 13.0 Å². The highest BCUT2D eigenvalue weighted by Gasteiger charge is 2.49. The predicted octanol–water partition coefficient (Wildman–Crippen LogP) is 2.73. The first-order chi connectivity index (χ1) is 9.61. The van der Waals surface area contributed by atoms with Crippen LogP contribution >= 0.6 is 0 Å². The van der Waals surface area contributed by atoms with E-state index in [9.17, 15) is 4.79 Å². The zero-order valence-electron chi connectivity index (χ0n) is 12.5. The summed E-state index contributed by atoms with van der Waals surface area (Å²) in [7, 11) is 3.67. The van der Waals surface area contributed by atoms with E-state index < -0.39 is 0 Å². The van der Waals surface area contributed by atoms with Gasteiger partial charge in [0.2, 0.25) is 0 Å². The van der Waals surface area contributed by atoms with Crippen LogP contribution in [-0.2, 0) is 9.53 Å². The standard InChI is InChI=1S/C17H23NO2/c1-11-4-6-12(7-5-11)14-10-13-8-9-15(18(13)2)16(14)17(19)20-3/h4-7,13-16H,8-10H2,1-3H3/i3-1. The smallest absolute Gasteiger partial charge is 0.310 e. The van der Waals surface area contributed by atoms with Crippen molar-refractivity contribution in [3.05, 3.63) is 35.4 Å². The Morgan fingerprint density at radius 2 is 1.95 bits per heavy atom. The molecule has 0 aromatic heterocycles. The number of fused-ring (bicyclic) bond motifs is 2. The third-order valence-electron chi connectivity index (χ3n) is 5.25. The van der Waals surface area contributed by atoms with E-state index in [2.05, 4.69) is 43.1 Å². The van der Waals surface area contributed by atoms with Crippen molar-refractivity contribution in [1.29, 1.82) is 0 Å². The summed E-state index contributed by atoms with van der Waals surface area (Å²) in [5.74, 6) is 0.232. The lowest BCUT2D eigenvalue weighted by molar-refractivity contribution is -0.150. The SMILES string of the molecule is Cc1ccc(C2CC3CCC(C2C(=O)O[11CH3])N3C)cc1. The summed E-state index contributed by atoms with van der Waals surface area (Å²) in [5.41, 5.74) is 2.55. The van der Waals surface area contributed by atoms with Crippen molar-refractivity contribution >= 4 is 5.97 Å². The van der Waals surface area contributed by atoms with E-state index in [0.717, 1.165) is 12.8 Å². The summed E-state index contributed by atoms with van der Waals surface area (Å²) in [6.45, 7) is 2.10.